The molecular weight excluding hydrogens is 262 g/mol. The molecule has 3 rings (SSSR count). The summed E-state index contributed by atoms with van der Waals surface area (Å²) in [5.41, 5.74) is 0.346. The maximum absolute atomic E-state index is 10.4. The van der Waals surface area contributed by atoms with Crippen LogP contribution in [0.25, 0.3) is 0 Å². The Morgan fingerprint density at radius 1 is 1.29 bits per heavy atom. The summed E-state index contributed by atoms with van der Waals surface area (Å²) in [7, 11) is 0. The average molecular weight is 295 g/mol. The third kappa shape index (κ3) is 2.46. The van der Waals surface area contributed by atoms with Crippen LogP contribution in [0.2, 0.25) is 0 Å². The van der Waals surface area contributed by atoms with E-state index in [-0.39, 0.29) is 11.5 Å². The molecule has 2 saturated carbocycles. The van der Waals surface area contributed by atoms with E-state index in [1.165, 1.54) is 32.1 Å². The lowest BCUT2D eigenvalue weighted by Crippen LogP contribution is -2.68. The first-order chi connectivity index (χ1) is 9.88. The van der Waals surface area contributed by atoms with Crippen LogP contribution in [-0.2, 0) is 4.74 Å². The molecule has 2 N–H and O–H groups in total. The quantitative estimate of drug-likeness (QED) is 0.819. The van der Waals surface area contributed by atoms with Crippen LogP contribution in [0.4, 0.5) is 0 Å². The van der Waals surface area contributed by atoms with Crippen LogP contribution in [0.15, 0.2) is 0 Å². The fourth-order valence-electron chi connectivity index (χ4n) is 5.39. The number of fused-ring (bicyclic) bond motifs is 2. The van der Waals surface area contributed by atoms with E-state index in [0.29, 0.717) is 23.5 Å². The van der Waals surface area contributed by atoms with Crippen LogP contribution in [-0.4, -0.2) is 36.5 Å². The number of nitrogens with one attached hydrogen (secondary N) is 1. The van der Waals surface area contributed by atoms with Gasteiger partial charge < -0.3 is 15.2 Å². The van der Waals surface area contributed by atoms with E-state index < -0.39 is 0 Å². The van der Waals surface area contributed by atoms with Gasteiger partial charge in [-0.3, -0.25) is 0 Å². The second kappa shape index (κ2) is 5.50. The van der Waals surface area contributed by atoms with Crippen molar-refractivity contribution in [2.24, 2.45) is 22.7 Å². The minimum atomic E-state index is -0.250. The van der Waals surface area contributed by atoms with Crippen LogP contribution in [0.1, 0.15) is 59.8 Å². The van der Waals surface area contributed by atoms with Crippen molar-refractivity contribution in [1.82, 2.24) is 5.32 Å². The third-order valence-corrected chi connectivity index (χ3v) is 6.50. The van der Waals surface area contributed by atoms with Gasteiger partial charge >= 0.3 is 0 Å². The number of hydrogen-bond donors (Lipinski definition) is 2. The third-order valence-electron chi connectivity index (χ3n) is 6.50. The Bertz CT molecular complexity index is 373. The maximum atomic E-state index is 10.4. The first-order valence-corrected chi connectivity index (χ1v) is 8.91. The van der Waals surface area contributed by atoms with Gasteiger partial charge in [-0.15, -0.1) is 0 Å². The van der Waals surface area contributed by atoms with Crippen molar-refractivity contribution in [3.8, 4) is 0 Å². The van der Waals surface area contributed by atoms with Crippen molar-refractivity contribution < 1.29 is 9.84 Å². The molecule has 0 aromatic heterocycles. The Kier molecular flexibility index (Phi) is 4.13. The Balaban J connectivity index is 1.64. The van der Waals surface area contributed by atoms with Gasteiger partial charge in [0.15, 0.2) is 0 Å². The Morgan fingerprint density at radius 3 is 2.57 bits per heavy atom. The van der Waals surface area contributed by atoms with E-state index >= 15 is 0 Å². The second-order valence-electron chi connectivity index (χ2n) is 8.72. The van der Waals surface area contributed by atoms with E-state index in [1.807, 2.05) is 0 Å². The summed E-state index contributed by atoms with van der Waals surface area (Å²) in [6, 6.07) is 0.617. The first kappa shape index (κ1) is 15.8. The Morgan fingerprint density at radius 2 is 1.95 bits per heavy atom. The highest BCUT2D eigenvalue weighted by Crippen LogP contribution is 2.60. The highest BCUT2D eigenvalue weighted by Gasteiger charge is 2.64. The molecule has 3 fully saturated rings. The molecule has 21 heavy (non-hydrogen) atoms. The lowest BCUT2D eigenvalue weighted by Gasteiger charge is -2.57. The van der Waals surface area contributed by atoms with Crippen molar-refractivity contribution in [3.05, 3.63) is 0 Å². The van der Waals surface area contributed by atoms with Crippen LogP contribution < -0.4 is 5.32 Å². The van der Waals surface area contributed by atoms with Crippen LogP contribution >= 0.6 is 0 Å². The molecule has 3 heteroatoms. The molecule has 0 bridgehead atoms. The van der Waals surface area contributed by atoms with Gasteiger partial charge in [-0.1, -0.05) is 40.5 Å². The fourth-order valence-corrected chi connectivity index (χ4v) is 5.39. The lowest BCUT2D eigenvalue weighted by molar-refractivity contribution is -0.134. The zero-order valence-electron chi connectivity index (χ0n) is 14.2. The number of rotatable bonds is 5. The van der Waals surface area contributed by atoms with Crippen molar-refractivity contribution in [2.75, 3.05) is 13.2 Å². The zero-order valence-corrected chi connectivity index (χ0v) is 14.2. The van der Waals surface area contributed by atoms with Crippen molar-refractivity contribution in [3.63, 3.8) is 0 Å². The van der Waals surface area contributed by atoms with Gasteiger partial charge in [-0.2, -0.15) is 0 Å². The summed E-state index contributed by atoms with van der Waals surface area (Å²) in [5.74, 6) is 1.03. The average Bonchev–Trinajstić information content (AvgIpc) is 3.04. The fraction of sp³-hybridized carbons (Fsp3) is 1.00. The summed E-state index contributed by atoms with van der Waals surface area (Å²) in [4.78, 5) is 0. The van der Waals surface area contributed by atoms with Crippen molar-refractivity contribution in [1.29, 1.82) is 0 Å². The summed E-state index contributed by atoms with van der Waals surface area (Å²) >= 11 is 0. The zero-order chi connectivity index (χ0) is 15.3. The summed E-state index contributed by atoms with van der Waals surface area (Å²) in [5, 5.41) is 14.3. The minimum Gasteiger partial charge on any atom is -0.392 e. The van der Waals surface area contributed by atoms with Gasteiger partial charge in [0.05, 0.1) is 12.2 Å². The molecule has 2 aliphatic carbocycles. The van der Waals surface area contributed by atoms with E-state index in [4.69, 9.17) is 4.74 Å². The Hall–Kier alpha value is -0.120. The summed E-state index contributed by atoms with van der Waals surface area (Å²) < 4.78 is 6.05. The number of ether oxygens (including phenoxy) is 1. The molecular formula is C18H33NO2. The molecule has 0 amide bonds. The lowest BCUT2D eigenvalue weighted by atomic mass is 9.54. The summed E-state index contributed by atoms with van der Waals surface area (Å²) in [6.45, 7) is 10.4. The summed E-state index contributed by atoms with van der Waals surface area (Å²) in [6.07, 6.45) is 6.89. The molecule has 1 heterocycles. The molecule has 0 aromatic rings. The molecule has 3 aliphatic rings. The van der Waals surface area contributed by atoms with Gasteiger partial charge in [0.1, 0.15) is 0 Å². The van der Waals surface area contributed by atoms with E-state index in [1.54, 1.807) is 0 Å². The molecule has 1 aliphatic heterocycles. The van der Waals surface area contributed by atoms with Gasteiger partial charge in [0, 0.05) is 35.9 Å². The van der Waals surface area contributed by atoms with Gasteiger partial charge in [-0.05, 0) is 25.2 Å². The minimum absolute atomic E-state index is 0.0709. The van der Waals surface area contributed by atoms with E-state index in [2.05, 4.69) is 33.0 Å². The normalized spacial score (nSPS) is 36.0. The largest absolute Gasteiger partial charge is 0.392 e. The molecule has 4 atom stereocenters. The molecule has 4 unspecified atom stereocenters. The number of aliphatic hydroxyl groups excluding tert-OH is 1. The highest BCUT2D eigenvalue weighted by molar-refractivity contribution is 5.16. The molecule has 3 nitrogen and oxygen atoms in total. The van der Waals surface area contributed by atoms with E-state index in [9.17, 15) is 5.11 Å². The number of aliphatic hydroxyl groups is 1. The molecule has 0 radical (unpaired) electrons. The van der Waals surface area contributed by atoms with Gasteiger partial charge in [0.25, 0.3) is 0 Å². The van der Waals surface area contributed by atoms with Crippen molar-refractivity contribution in [2.45, 2.75) is 78.0 Å². The second-order valence-corrected chi connectivity index (χ2v) is 8.72. The number of hydrogen-bond acceptors (Lipinski definition) is 3. The van der Waals surface area contributed by atoms with Crippen LogP contribution in [0.5, 0.6) is 0 Å². The molecule has 1 spiro atoms. The van der Waals surface area contributed by atoms with Crippen LogP contribution in [0, 0.1) is 22.7 Å². The topological polar surface area (TPSA) is 41.5 Å². The molecule has 0 aromatic carbocycles. The highest BCUT2D eigenvalue weighted by atomic mass is 16.5. The predicted molar refractivity (Wildman–Crippen MR) is 85.2 cm³/mol. The molecule has 122 valence electrons. The first-order valence-electron chi connectivity index (χ1n) is 8.91. The SMILES string of the molecule is CC(C)C(O)C(C)(C)CNC1C2CCOC2C12CCCC2. The standard InChI is InChI=1S/C18H33NO2/c1-12(2)15(20)17(3,4)11-19-14-13-7-10-21-16(13)18(14)8-5-6-9-18/h12-16,19-20H,5-11H2,1-4H3. The molecule has 1 saturated heterocycles. The monoisotopic (exact) mass is 295 g/mol. The smallest absolute Gasteiger partial charge is 0.0690 e. The Labute approximate surface area is 129 Å². The van der Waals surface area contributed by atoms with Crippen molar-refractivity contribution >= 4 is 0 Å². The maximum Gasteiger partial charge on any atom is 0.0690 e. The van der Waals surface area contributed by atoms with E-state index in [0.717, 1.165) is 19.1 Å². The van der Waals surface area contributed by atoms with Crippen LogP contribution in [0.3, 0.4) is 0 Å². The van der Waals surface area contributed by atoms with Gasteiger partial charge in [0.2, 0.25) is 0 Å². The van der Waals surface area contributed by atoms with Gasteiger partial charge in [-0.25, -0.2) is 0 Å². The predicted octanol–water partition coefficient (Wildman–Crippen LogP) is 2.97.